The van der Waals surface area contributed by atoms with Crippen LogP contribution in [-0.4, -0.2) is 19.3 Å². The fraction of sp³-hybridized carbons (Fsp3) is 0.571. The first-order valence-corrected chi connectivity index (χ1v) is 6.20. The number of rotatable bonds is 4. The molecule has 0 radical (unpaired) electrons. The molecule has 17 heavy (non-hydrogen) atoms. The molecule has 1 aromatic carbocycles. The van der Waals surface area contributed by atoms with Gasteiger partial charge in [-0.15, -0.1) is 0 Å². The summed E-state index contributed by atoms with van der Waals surface area (Å²) in [4.78, 5) is 0. The van der Waals surface area contributed by atoms with E-state index in [1.165, 1.54) is 6.07 Å². The first kappa shape index (κ1) is 12.4. The molecule has 0 saturated carbocycles. The molecule has 0 aromatic heterocycles. The Kier molecular flexibility index (Phi) is 4.00. The van der Waals surface area contributed by atoms with Crippen molar-refractivity contribution in [2.75, 3.05) is 13.2 Å². The summed E-state index contributed by atoms with van der Waals surface area (Å²) in [7, 11) is 0. The van der Waals surface area contributed by atoms with E-state index in [2.05, 4.69) is 0 Å². The topological polar surface area (TPSA) is 18.5 Å². The van der Waals surface area contributed by atoms with Crippen LogP contribution in [-0.2, 0) is 4.74 Å². The first-order valence-electron chi connectivity index (χ1n) is 6.20. The van der Waals surface area contributed by atoms with E-state index in [1.807, 2.05) is 13.8 Å². The molecule has 2 nitrogen and oxygen atoms in total. The highest BCUT2D eigenvalue weighted by atomic mass is 19.1. The van der Waals surface area contributed by atoms with Gasteiger partial charge in [0.25, 0.3) is 0 Å². The highest BCUT2D eigenvalue weighted by Crippen LogP contribution is 2.24. The van der Waals surface area contributed by atoms with Gasteiger partial charge in [0, 0.05) is 6.61 Å². The summed E-state index contributed by atoms with van der Waals surface area (Å²) in [6, 6.07) is 4.94. The average Bonchev–Trinajstić information content (AvgIpc) is 2.80. The minimum Gasteiger partial charge on any atom is -0.491 e. The Balaban J connectivity index is 1.98. The van der Waals surface area contributed by atoms with Gasteiger partial charge in [0.1, 0.15) is 18.2 Å². The third-order valence-corrected chi connectivity index (χ3v) is 3.05. The molecule has 1 unspecified atom stereocenters. The van der Waals surface area contributed by atoms with Crippen molar-refractivity contribution in [2.24, 2.45) is 0 Å². The second-order valence-corrected chi connectivity index (χ2v) is 4.78. The third-order valence-electron chi connectivity index (χ3n) is 3.05. The molecule has 1 aliphatic rings. The van der Waals surface area contributed by atoms with Crippen molar-refractivity contribution in [2.45, 2.75) is 38.7 Å². The Bertz CT molecular complexity index is 370. The first-order chi connectivity index (χ1) is 8.16. The second kappa shape index (κ2) is 5.50. The van der Waals surface area contributed by atoms with E-state index in [4.69, 9.17) is 9.47 Å². The lowest BCUT2D eigenvalue weighted by Crippen LogP contribution is -2.16. The molecule has 94 valence electrons. The minimum absolute atomic E-state index is 0.163. The monoisotopic (exact) mass is 238 g/mol. The lowest BCUT2D eigenvalue weighted by molar-refractivity contribution is 0.0679. The van der Waals surface area contributed by atoms with Gasteiger partial charge in [0.15, 0.2) is 0 Å². The van der Waals surface area contributed by atoms with Crippen LogP contribution in [0.2, 0.25) is 0 Å². The van der Waals surface area contributed by atoms with E-state index in [-0.39, 0.29) is 17.8 Å². The molecular formula is C14H19FO2. The van der Waals surface area contributed by atoms with E-state index >= 15 is 0 Å². The van der Waals surface area contributed by atoms with Crippen LogP contribution in [0.25, 0.3) is 0 Å². The van der Waals surface area contributed by atoms with Gasteiger partial charge in [-0.25, -0.2) is 4.39 Å². The molecule has 1 aromatic rings. The predicted octanol–water partition coefficient (Wildman–Crippen LogP) is 3.51. The summed E-state index contributed by atoms with van der Waals surface area (Å²) in [5, 5.41) is 0. The summed E-state index contributed by atoms with van der Waals surface area (Å²) in [5.41, 5.74) is 0.704. The Morgan fingerprint density at radius 3 is 2.94 bits per heavy atom. The largest absolute Gasteiger partial charge is 0.491 e. The van der Waals surface area contributed by atoms with E-state index in [0.29, 0.717) is 12.2 Å². The predicted molar refractivity (Wildman–Crippen MR) is 65.0 cm³/mol. The number of halogens is 1. The van der Waals surface area contributed by atoms with Gasteiger partial charge in [0.2, 0.25) is 0 Å². The van der Waals surface area contributed by atoms with Crippen LogP contribution >= 0.6 is 0 Å². The third kappa shape index (κ3) is 3.19. The fourth-order valence-corrected chi connectivity index (χ4v) is 2.02. The lowest BCUT2D eigenvalue weighted by atomic mass is 10.0. The Hall–Kier alpha value is -1.09. The van der Waals surface area contributed by atoms with Crippen LogP contribution < -0.4 is 4.74 Å². The molecule has 1 aliphatic heterocycles. The zero-order valence-corrected chi connectivity index (χ0v) is 10.4. The number of benzene rings is 1. The molecular weight excluding hydrogens is 219 g/mol. The van der Waals surface area contributed by atoms with Gasteiger partial charge < -0.3 is 9.47 Å². The minimum atomic E-state index is -0.163. The molecule has 0 N–H and O–H groups in total. The maximum absolute atomic E-state index is 13.5. The lowest BCUT2D eigenvalue weighted by Gasteiger charge is -2.13. The Morgan fingerprint density at radius 1 is 1.47 bits per heavy atom. The summed E-state index contributed by atoms with van der Waals surface area (Å²) >= 11 is 0. The van der Waals surface area contributed by atoms with Crippen LogP contribution in [0.1, 0.15) is 38.2 Å². The van der Waals surface area contributed by atoms with Crippen molar-refractivity contribution in [3.63, 3.8) is 0 Å². The Morgan fingerprint density at radius 2 is 2.29 bits per heavy atom. The zero-order chi connectivity index (χ0) is 12.3. The van der Waals surface area contributed by atoms with Crippen molar-refractivity contribution >= 4 is 0 Å². The summed E-state index contributed by atoms with van der Waals surface area (Å²) in [6.45, 7) is 5.34. The van der Waals surface area contributed by atoms with Gasteiger partial charge in [-0.2, -0.15) is 0 Å². The van der Waals surface area contributed by atoms with Crippen LogP contribution in [0.3, 0.4) is 0 Å². The van der Waals surface area contributed by atoms with Crippen LogP contribution in [0.5, 0.6) is 5.75 Å². The SMILES string of the molecule is CC(C)c1cc(OCC2CCCO2)ccc1F. The van der Waals surface area contributed by atoms with Crippen LogP contribution in [0, 0.1) is 5.82 Å². The quantitative estimate of drug-likeness (QED) is 0.799. The maximum atomic E-state index is 13.5. The van der Waals surface area contributed by atoms with Crippen molar-refractivity contribution < 1.29 is 13.9 Å². The smallest absolute Gasteiger partial charge is 0.126 e. The summed E-state index contributed by atoms with van der Waals surface area (Å²) in [6.07, 6.45) is 2.36. The van der Waals surface area contributed by atoms with Crippen LogP contribution in [0.15, 0.2) is 18.2 Å². The standard InChI is InChI=1S/C14H19FO2/c1-10(2)13-8-11(5-6-14(13)15)17-9-12-4-3-7-16-12/h5-6,8,10,12H,3-4,7,9H2,1-2H3. The van der Waals surface area contributed by atoms with Crippen molar-refractivity contribution in [1.29, 1.82) is 0 Å². The van der Waals surface area contributed by atoms with E-state index in [9.17, 15) is 4.39 Å². The van der Waals surface area contributed by atoms with E-state index < -0.39 is 0 Å². The second-order valence-electron chi connectivity index (χ2n) is 4.78. The number of ether oxygens (including phenoxy) is 2. The molecule has 2 rings (SSSR count). The van der Waals surface area contributed by atoms with Gasteiger partial charge in [-0.05, 0) is 42.5 Å². The molecule has 0 spiro atoms. The molecule has 1 saturated heterocycles. The number of hydrogen-bond donors (Lipinski definition) is 0. The normalized spacial score (nSPS) is 19.9. The molecule has 1 atom stereocenters. The zero-order valence-electron chi connectivity index (χ0n) is 10.4. The van der Waals surface area contributed by atoms with Crippen LogP contribution in [0.4, 0.5) is 4.39 Å². The van der Waals surface area contributed by atoms with Gasteiger partial charge in [0.05, 0.1) is 6.10 Å². The highest BCUT2D eigenvalue weighted by Gasteiger charge is 2.16. The van der Waals surface area contributed by atoms with Crippen molar-refractivity contribution in [3.05, 3.63) is 29.6 Å². The molecule has 3 heteroatoms. The maximum Gasteiger partial charge on any atom is 0.126 e. The number of hydrogen-bond acceptors (Lipinski definition) is 2. The molecule has 0 aliphatic carbocycles. The molecule has 1 fully saturated rings. The van der Waals surface area contributed by atoms with E-state index in [0.717, 1.165) is 25.2 Å². The molecule has 0 amide bonds. The van der Waals surface area contributed by atoms with Crippen molar-refractivity contribution in [1.82, 2.24) is 0 Å². The fourth-order valence-electron chi connectivity index (χ4n) is 2.02. The highest BCUT2D eigenvalue weighted by molar-refractivity contribution is 5.31. The summed E-state index contributed by atoms with van der Waals surface area (Å²) in [5.74, 6) is 0.733. The summed E-state index contributed by atoms with van der Waals surface area (Å²) < 4.78 is 24.6. The van der Waals surface area contributed by atoms with E-state index in [1.54, 1.807) is 12.1 Å². The molecule has 0 bridgehead atoms. The average molecular weight is 238 g/mol. The van der Waals surface area contributed by atoms with Crippen molar-refractivity contribution in [3.8, 4) is 5.75 Å². The van der Waals surface area contributed by atoms with Gasteiger partial charge >= 0.3 is 0 Å². The Labute approximate surface area is 102 Å². The van der Waals surface area contributed by atoms with Gasteiger partial charge in [-0.3, -0.25) is 0 Å². The van der Waals surface area contributed by atoms with Gasteiger partial charge in [-0.1, -0.05) is 13.8 Å². The molecule has 1 heterocycles.